The van der Waals surface area contributed by atoms with Crippen molar-refractivity contribution in [3.8, 4) is 0 Å². The summed E-state index contributed by atoms with van der Waals surface area (Å²) in [5, 5.41) is 14.0. The number of nitrogens with two attached hydrogens (primary N) is 1. The van der Waals surface area contributed by atoms with Gasteiger partial charge in [0.15, 0.2) is 9.84 Å². The van der Waals surface area contributed by atoms with Crippen LogP contribution in [0.3, 0.4) is 0 Å². The second-order valence-electron chi connectivity index (χ2n) is 22.9. The predicted octanol–water partition coefficient (Wildman–Crippen LogP) is 6.93. The van der Waals surface area contributed by atoms with Gasteiger partial charge in [-0.2, -0.15) is 0 Å². The van der Waals surface area contributed by atoms with Crippen LogP contribution in [0, 0.1) is 73.9 Å². The number of sulfone groups is 1. The van der Waals surface area contributed by atoms with E-state index < -0.39 is 27.1 Å². The Kier molecular flexibility index (Phi) is 9.68. The lowest BCUT2D eigenvalue weighted by Crippen LogP contribution is -2.69. The van der Waals surface area contributed by atoms with Gasteiger partial charge in [0.25, 0.3) is 0 Å². The zero-order chi connectivity index (χ0) is 39.8. The monoisotopic (exact) mass is 786 g/mol. The van der Waals surface area contributed by atoms with E-state index in [2.05, 4.69) is 51.8 Å². The molecule has 4 N–H and O–H groups in total. The summed E-state index contributed by atoms with van der Waals surface area (Å²) in [7, 11) is -2.94. The SMILES string of the molecule is CC1([C@@H]2CC[C@]3(NCC(CN)N4CCS(=O)(=O)CC4)CC[C@]4(C)[C@H](CC[C@@H]5[C@@]6(C)CC[C@H](OC(=O)[C@H]7C[C@@H](C(=O)O)C7(C)C)C(C)(C)[C@@H]6CC[C@]54C)[C@@H]23)CC1. The van der Waals surface area contributed by atoms with Crippen LogP contribution in [-0.2, 0) is 24.2 Å². The van der Waals surface area contributed by atoms with Crippen molar-refractivity contribution in [2.24, 2.45) is 79.6 Å². The number of esters is 1. The number of hydrogen-bond donors (Lipinski definition) is 3. The van der Waals surface area contributed by atoms with Gasteiger partial charge in [0.05, 0.1) is 23.3 Å². The molecule has 55 heavy (non-hydrogen) atoms. The van der Waals surface area contributed by atoms with E-state index in [9.17, 15) is 23.1 Å². The van der Waals surface area contributed by atoms with Gasteiger partial charge in [0.2, 0.25) is 0 Å². The largest absolute Gasteiger partial charge is 0.481 e. The van der Waals surface area contributed by atoms with Gasteiger partial charge < -0.3 is 20.9 Å². The number of hydrogen-bond acceptors (Lipinski definition) is 8. The summed E-state index contributed by atoms with van der Waals surface area (Å²) in [5.74, 6) is 1.85. The van der Waals surface area contributed by atoms with Crippen LogP contribution in [0.1, 0.15) is 139 Å². The van der Waals surface area contributed by atoms with E-state index in [1.54, 1.807) is 0 Å². The van der Waals surface area contributed by atoms with Crippen LogP contribution in [0.15, 0.2) is 0 Å². The molecule has 1 aliphatic heterocycles. The summed E-state index contributed by atoms with van der Waals surface area (Å²) in [6, 6.07) is 0.164. The summed E-state index contributed by atoms with van der Waals surface area (Å²) in [4.78, 5) is 27.8. The lowest BCUT2D eigenvalue weighted by molar-refractivity contribution is -0.249. The third kappa shape index (κ3) is 5.98. The van der Waals surface area contributed by atoms with E-state index >= 15 is 0 Å². The van der Waals surface area contributed by atoms with Crippen molar-refractivity contribution in [1.82, 2.24) is 10.2 Å². The Hall–Kier alpha value is -1.23. The molecule has 8 fully saturated rings. The van der Waals surface area contributed by atoms with Crippen LogP contribution in [0.2, 0.25) is 0 Å². The zero-order valence-corrected chi connectivity index (χ0v) is 36.4. The normalized spacial score (nSPS) is 48.2. The highest BCUT2D eigenvalue weighted by atomic mass is 32.2. The number of carbonyl (C=O) groups excluding carboxylic acids is 1. The molecule has 1 unspecified atom stereocenters. The van der Waals surface area contributed by atoms with Gasteiger partial charge in [-0.3, -0.25) is 14.5 Å². The summed E-state index contributed by atoms with van der Waals surface area (Å²) >= 11 is 0. The van der Waals surface area contributed by atoms with Crippen LogP contribution >= 0.6 is 0 Å². The van der Waals surface area contributed by atoms with E-state index in [4.69, 9.17) is 10.5 Å². The van der Waals surface area contributed by atoms with Gasteiger partial charge in [-0.05, 0) is 140 Å². The second-order valence-corrected chi connectivity index (χ2v) is 25.2. The van der Waals surface area contributed by atoms with E-state index in [1.165, 1.54) is 64.2 Å². The quantitative estimate of drug-likeness (QED) is 0.213. The Morgan fingerprint density at radius 2 is 1.47 bits per heavy atom. The van der Waals surface area contributed by atoms with E-state index in [0.29, 0.717) is 55.1 Å². The molecule has 0 bridgehead atoms. The number of rotatable bonds is 9. The molecule has 0 amide bonds. The smallest absolute Gasteiger partial charge is 0.309 e. The Morgan fingerprint density at radius 3 is 2.09 bits per heavy atom. The predicted molar refractivity (Wildman–Crippen MR) is 216 cm³/mol. The lowest BCUT2D eigenvalue weighted by atomic mass is 9.32. The average molecular weight is 786 g/mol. The maximum Gasteiger partial charge on any atom is 0.309 e. The van der Waals surface area contributed by atoms with Gasteiger partial charge in [-0.15, -0.1) is 0 Å². The van der Waals surface area contributed by atoms with Crippen LogP contribution < -0.4 is 11.1 Å². The average Bonchev–Trinajstić information content (AvgIpc) is 3.72. The fourth-order valence-corrected chi connectivity index (χ4v) is 17.4. The van der Waals surface area contributed by atoms with Crippen molar-refractivity contribution >= 4 is 21.8 Å². The molecule has 0 aromatic heterocycles. The van der Waals surface area contributed by atoms with Gasteiger partial charge in [-0.1, -0.05) is 55.4 Å². The number of fused-ring (bicyclic) bond motifs is 7. The fourth-order valence-electron chi connectivity index (χ4n) is 16.2. The molecule has 13 atom stereocenters. The Labute approximate surface area is 332 Å². The van der Waals surface area contributed by atoms with Crippen molar-refractivity contribution in [3.63, 3.8) is 0 Å². The number of carbonyl (C=O) groups is 2. The molecule has 0 spiro atoms. The number of aliphatic carboxylic acids is 1. The first-order valence-corrected chi connectivity index (χ1v) is 24.2. The van der Waals surface area contributed by atoms with Gasteiger partial charge in [-0.25, -0.2) is 8.42 Å². The maximum atomic E-state index is 13.7. The summed E-state index contributed by atoms with van der Waals surface area (Å²) < 4.78 is 30.9. The molecule has 9 nitrogen and oxygen atoms in total. The third-order valence-corrected chi connectivity index (χ3v) is 21.9. The standard InChI is InChI=1S/C45H75N3O6S/c1-39(2)31(37(49)50)25-32(39)38(51)54-35-13-14-42(6)33(40(35,3)4)12-15-44(8)34(42)10-9-30-36-29(41(5)17-18-41)11-16-45(36,20-19-43(30,44)7)47-27-28(26-46)48-21-23-55(52,53)24-22-48/h28-36,47H,9-27,46H2,1-8H3,(H,49,50)/t28?,29-,30-,31+,32-,33+,34-,35+,36-,42+,43-,44-,45+/m1/s1. The highest BCUT2D eigenvalue weighted by molar-refractivity contribution is 7.91. The molecule has 1 heterocycles. The van der Waals surface area contributed by atoms with Crippen molar-refractivity contribution in [1.29, 1.82) is 0 Å². The topological polar surface area (TPSA) is 139 Å². The minimum absolute atomic E-state index is 0.128. The number of nitrogens with one attached hydrogen (secondary N) is 1. The second kappa shape index (κ2) is 13.1. The molecular weight excluding hydrogens is 711 g/mol. The Morgan fingerprint density at radius 1 is 0.782 bits per heavy atom. The van der Waals surface area contributed by atoms with Gasteiger partial charge in [0, 0.05) is 43.2 Å². The van der Waals surface area contributed by atoms with Crippen LogP contribution in [0.4, 0.5) is 0 Å². The van der Waals surface area contributed by atoms with Crippen molar-refractivity contribution in [3.05, 3.63) is 0 Å². The molecule has 8 rings (SSSR count). The molecule has 312 valence electrons. The van der Waals surface area contributed by atoms with Crippen molar-refractivity contribution in [2.75, 3.05) is 37.7 Å². The molecule has 1 saturated heterocycles. The summed E-state index contributed by atoms with van der Waals surface area (Å²) in [6.45, 7) is 21.8. The molecule has 0 aromatic carbocycles. The van der Waals surface area contributed by atoms with Crippen molar-refractivity contribution < 1.29 is 27.9 Å². The first-order chi connectivity index (χ1) is 25.6. The van der Waals surface area contributed by atoms with E-state index in [-0.39, 0.29) is 62.7 Å². The highest BCUT2D eigenvalue weighted by Gasteiger charge is 2.72. The van der Waals surface area contributed by atoms with Crippen LogP contribution in [-0.4, -0.2) is 85.7 Å². The van der Waals surface area contributed by atoms with E-state index in [0.717, 1.165) is 25.3 Å². The van der Waals surface area contributed by atoms with Gasteiger partial charge in [0.1, 0.15) is 6.10 Å². The molecular formula is C45H75N3O6S. The van der Waals surface area contributed by atoms with Crippen LogP contribution in [0.25, 0.3) is 0 Å². The minimum atomic E-state index is -2.94. The highest BCUT2D eigenvalue weighted by Crippen LogP contribution is 2.78. The minimum Gasteiger partial charge on any atom is -0.481 e. The Balaban J connectivity index is 1.02. The van der Waals surface area contributed by atoms with Gasteiger partial charge >= 0.3 is 11.9 Å². The fraction of sp³-hybridized carbons (Fsp3) is 0.956. The molecule has 0 radical (unpaired) electrons. The number of nitrogens with zero attached hydrogens (tertiary/aromatic N) is 1. The number of carboxylic acids is 1. The zero-order valence-electron chi connectivity index (χ0n) is 35.6. The summed E-state index contributed by atoms with van der Waals surface area (Å²) in [5.41, 5.74) is 6.97. The number of ether oxygens (including phenoxy) is 1. The molecule has 7 saturated carbocycles. The van der Waals surface area contributed by atoms with Crippen molar-refractivity contribution in [2.45, 2.75) is 157 Å². The first-order valence-electron chi connectivity index (χ1n) is 22.4. The first kappa shape index (κ1) is 40.5. The lowest BCUT2D eigenvalue weighted by Gasteiger charge is -2.73. The molecule has 7 aliphatic carbocycles. The Bertz CT molecular complexity index is 1650. The van der Waals surface area contributed by atoms with Crippen LogP contribution in [0.5, 0.6) is 0 Å². The molecule has 8 aliphatic rings. The molecule has 0 aromatic rings. The number of carboxylic acid groups (broad SMARTS) is 1. The summed E-state index contributed by atoms with van der Waals surface area (Å²) in [6.07, 6.45) is 14.9. The molecule has 10 heteroatoms. The third-order valence-electron chi connectivity index (χ3n) is 20.3. The maximum absolute atomic E-state index is 13.7. The van der Waals surface area contributed by atoms with E-state index in [1.807, 2.05) is 13.8 Å².